The number of hydrogen-bond donors (Lipinski definition) is 1. The van der Waals surface area contributed by atoms with Crippen LogP contribution >= 0.6 is 0 Å². The van der Waals surface area contributed by atoms with Crippen LogP contribution in [0.3, 0.4) is 0 Å². The fourth-order valence-electron chi connectivity index (χ4n) is 9.87. The lowest BCUT2D eigenvalue weighted by molar-refractivity contribution is -0.232. The predicted molar refractivity (Wildman–Crippen MR) is 139 cm³/mol. The molecule has 0 bridgehead atoms. The Hall–Kier alpha value is -1.41. The average Bonchev–Trinajstić information content (AvgIpc) is 3.37. The Morgan fingerprint density at radius 2 is 1.92 bits per heavy atom. The summed E-state index contributed by atoms with van der Waals surface area (Å²) in [6.07, 6.45) is 11.2. The number of hydrogen-bond acceptors (Lipinski definition) is 6. The van der Waals surface area contributed by atoms with Crippen LogP contribution in [0.25, 0.3) is 0 Å². The molecule has 7 heteroatoms. The minimum absolute atomic E-state index is 0.0209. The van der Waals surface area contributed by atoms with Gasteiger partial charge < -0.3 is 14.6 Å². The topological polar surface area (TPSA) is 76.1 Å². The van der Waals surface area contributed by atoms with Crippen molar-refractivity contribution in [2.24, 2.45) is 28.6 Å². The molecule has 0 aromatic carbocycles. The van der Waals surface area contributed by atoms with E-state index in [1.165, 1.54) is 12.5 Å². The van der Waals surface area contributed by atoms with Gasteiger partial charge in [0.15, 0.2) is 29.1 Å². The zero-order valence-corrected chi connectivity index (χ0v) is 22.8. The highest BCUT2D eigenvalue weighted by Gasteiger charge is 2.79. The van der Waals surface area contributed by atoms with Crippen LogP contribution in [0, 0.1) is 28.6 Å². The van der Waals surface area contributed by atoms with Gasteiger partial charge in [0.1, 0.15) is 0 Å². The lowest BCUT2D eigenvalue weighted by Crippen LogP contribution is -2.70. The molecule has 0 spiro atoms. The maximum Gasteiger partial charge on any atom is 0.181 e. The molecule has 0 unspecified atom stereocenters. The van der Waals surface area contributed by atoms with E-state index >= 15 is 4.39 Å². The first-order valence-electron chi connectivity index (χ1n) is 15.0. The van der Waals surface area contributed by atoms with Crippen LogP contribution in [0.2, 0.25) is 0 Å². The van der Waals surface area contributed by atoms with E-state index in [9.17, 15) is 14.7 Å². The molecule has 0 aromatic rings. The number of aliphatic hydroxyl groups is 1. The van der Waals surface area contributed by atoms with Crippen LogP contribution in [0.4, 0.5) is 4.39 Å². The van der Waals surface area contributed by atoms with Crippen molar-refractivity contribution >= 4 is 11.6 Å². The third-order valence-corrected chi connectivity index (χ3v) is 12.1. The Labute approximate surface area is 225 Å². The maximum absolute atomic E-state index is 17.6. The summed E-state index contributed by atoms with van der Waals surface area (Å²) in [5, 5.41) is 11.8. The number of alkyl halides is 1. The van der Waals surface area contributed by atoms with E-state index in [1.807, 2.05) is 13.0 Å². The highest BCUT2D eigenvalue weighted by atomic mass is 19.1. The second-order valence-corrected chi connectivity index (χ2v) is 13.8. The third kappa shape index (κ3) is 3.13. The molecule has 2 aliphatic heterocycles. The minimum Gasteiger partial charge on any atom is -0.390 e. The Kier molecular flexibility index (Phi) is 5.75. The molecule has 0 aromatic heterocycles. The summed E-state index contributed by atoms with van der Waals surface area (Å²) in [7, 11) is 0. The Bertz CT molecular complexity index is 1100. The third-order valence-electron chi connectivity index (χ3n) is 12.1. The van der Waals surface area contributed by atoms with E-state index in [4.69, 9.17) is 9.47 Å². The van der Waals surface area contributed by atoms with Gasteiger partial charge in [0.25, 0.3) is 0 Å². The van der Waals surface area contributed by atoms with Crippen LogP contribution in [0.15, 0.2) is 23.8 Å². The van der Waals surface area contributed by atoms with Crippen LogP contribution in [0.5, 0.6) is 0 Å². The zero-order valence-electron chi connectivity index (χ0n) is 22.8. The first-order valence-corrected chi connectivity index (χ1v) is 15.0. The smallest absolute Gasteiger partial charge is 0.181 e. The summed E-state index contributed by atoms with van der Waals surface area (Å²) in [6.45, 7) is 6.06. The summed E-state index contributed by atoms with van der Waals surface area (Å²) in [5.74, 6) is -0.350. The number of fused-ring (bicyclic) bond motifs is 7. The summed E-state index contributed by atoms with van der Waals surface area (Å²) >= 11 is 0. The maximum atomic E-state index is 17.6. The van der Waals surface area contributed by atoms with E-state index in [1.54, 1.807) is 6.08 Å². The standard InChI is InChI=1S/C31H42FNO5/c1-28-12-11-21(34)15-20(28)9-10-22-23-16-26-31(25(36)18-33-13-6-14-33,29(23,2)17-24(35)30(22,28)32)38-27(37-26)19-7-4-3-5-8-19/h9,11-12,19,22-24,26-27,35H,3-8,10,13-18H2,1-2H3/t22-,23-,24-,26+,27+,28-,29-,30-,31+/m0/s1. The van der Waals surface area contributed by atoms with Crippen molar-refractivity contribution in [1.29, 1.82) is 0 Å². The molecule has 2 heterocycles. The average molecular weight is 528 g/mol. The van der Waals surface area contributed by atoms with Crippen molar-refractivity contribution < 1.29 is 28.6 Å². The van der Waals surface area contributed by atoms with Gasteiger partial charge in [-0.3, -0.25) is 14.5 Å². The number of rotatable bonds is 4. The number of carbonyl (C=O) groups excluding carboxylic acids is 2. The molecule has 208 valence electrons. The lowest BCUT2D eigenvalue weighted by Gasteiger charge is -2.62. The molecule has 6 nitrogen and oxygen atoms in total. The number of aliphatic hydroxyl groups excluding tert-OH is 1. The van der Waals surface area contributed by atoms with Crippen LogP contribution in [-0.4, -0.2) is 71.0 Å². The molecule has 3 saturated carbocycles. The van der Waals surface area contributed by atoms with E-state index in [0.717, 1.165) is 50.8 Å². The van der Waals surface area contributed by atoms with Crippen molar-refractivity contribution in [2.75, 3.05) is 19.6 Å². The van der Waals surface area contributed by atoms with E-state index < -0.39 is 46.5 Å². The normalized spacial score (nSPS) is 50.5. The van der Waals surface area contributed by atoms with Crippen molar-refractivity contribution in [3.8, 4) is 0 Å². The van der Waals surface area contributed by atoms with E-state index in [-0.39, 0.29) is 36.2 Å². The van der Waals surface area contributed by atoms with Crippen molar-refractivity contribution in [3.63, 3.8) is 0 Å². The van der Waals surface area contributed by atoms with Gasteiger partial charge in [-0.25, -0.2) is 4.39 Å². The first kappa shape index (κ1) is 25.6. The number of halogens is 1. The second-order valence-electron chi connectivity index (χ2n) is 13.8. The molecule has 0 radical (unpaired) electrons. The largest absolute Gasteiger partial charge is 0.390 e. The monoisotopic (exact) mass is 527 g/mol. The summed E-state index contributed by atoms with van der Waals surface area (Å²) in [5.41, 5.74) is -4.08. The lowest BCUT2D eigenvalue weighted by atomic mass is 9.45. The minimum atomic E-state index is -1.92. The first-order chi connectivity index (χ1) is 18.1. The SMILES string of the molecule is C[C@]12C=CC(=O)CC1=CC[C@H]1[C@@H]3C[C@H]4O[C@@H](C5CCCCC5)O[C@@]4(C(=O)CN4CCC4)[C@@]3(C)C[C@H](O)[C@@]12F. The number of ether oxygens (including phenoxy) is 2. The van der Waals surface area contributed by atoms with Crippen molar-refractivity contribution in [2.45, 2.75) is 108 Å². The second kappa shape index (κ2) is 8.55. The number of Topliss-reactive ketones (excluding diaryl/α,β-unsaturated/α-hetero) is 1. The van der Waals surface area contributed by atoms with Gasteiger partial charge >= 0.3 is 0 Å². The van der Waals surface area contributed by atoms with Gasteiger partial charge in [0.2, 0.25) is 0 Å². The quantitative estimate of drug-likeness (QED) is 0.550. The molecule has 2 saturated heterocycles. The molecule has 0 amide bonds. The van der Waals surface area contributed by atoms with Gasteiger partial charge in [-0.05, 0) is 70.5 Å². The van der Waals surface area contributed by atoms with E-state index in [0.29, 0.717) is 19.4 Å². The zero-order chi connectivity index (χ0) is 26.5. The number of ketones is 2. The van der Waals surface area contributed by atoms with Gasteiger partial charge in [0.05, 0.1) is 18.8 Å². The molecule has 9 atom stereocenters. The predicted octanol–water partition coefficient (Wildman–Crippen LogP) is 4.30. The van der Waals surface area contributed by atoms with Crippen LogP contribution in [0.1, 0.15) is 78.1 Å². The van der Waals surface area contributed by atoms with E-state index in [2.05, 4.69) is 11.8 Å². The van der Waals surface area contributed by atoms with Gasteiger partial charge in [-0.1, -0.05) is 43.9 Å². The molecular formula is C31H42FNO5. The van der Waals surface area contributed by atoms with Crippen molar-refractivity contribution in [1.82, 2.24) is 4.90 Å². The Morgan fingerprint density at radius 3 is 2.63 bits per heavy atom. The fourth-order valence-corrected chi connectivity index (χ4v) is 9.87. The van der Waals surface area contributed by atoms with Gasteiger partial charge in [0, 0.05) is 29.1 Å². The molecule has 1 N–H and O–H groups in total. The molecule has 7 aliphatic rings. The highest BCUT2D eigenvalue weighted by molar-refractivity contribution is 5.94. The highest BCUT2D eigenvalue weighted by Crippen LogP contribution is 2.71. The molecule has 5 aliphatic carbocycles. The number of allylic oxidation sites excluding steroid dienone is 4. The summed E-state index contributed by atoms with van der Waals surface area (Å²) in [4.78, 5) is 28.7. The number of likely N-dealkylation sites (tertiary alicyclic amines) is 1. The van der Waals surface area contributed by atoms with Gasteiger partial charge in [-0.15, -0.1) is 0 Å². The van der Waals surface area contributed by atoms with Crippen LogP contribution < -0.4 is 0 Å². The molecular weight excluding hydrogens is 485 g/mol. The molecule has 38 heavy (non-hydrogen) atoms. The van der Waals surface area contributed by atoms with Crippen LogP contribution in [-0.2, 0) is 19.1 Å². The number of carbonyl (C=O) groups is 2. The fraction of sp³-hybridized carbons (Fsp3) is 0.806. The molecule has 5 fully saturated rings. The van der Waals surface area contributed by atoms with Crippen molar-refractivity contribution in [3.05, 3.63) is 23.8 Å². The van der Waals surface area contributed by atoms with Gasteiger partial charge in [-0.2, -0.15) is 0 Å². The summed E-state index contributed by atoms with van der Waals surface area (Å²) in [6, 6.07) is 0. The molecule has 7 rings (SSSR count). The Balaban J connectivity index is 1.28. The summed E-state index contributed by atoms with van der Waals surface area (Å²) < 4.78 is 31.2. The Morgan fingerprint density at radius 1 is 1.16 bits per heavy atom. The number of nitrogens with zero attached hydrogens (tertiary/aromatic N) is 1.